The average molecular weight is 494 g/mol. The van der Waals surface area contributed by atoms with Crippen LogP contribution in [-0.4, -0.2) is 40.8 Å². The third-order valence-electron chi connectivity index (χ3n) is 6.53. The van der Waals surface area contributed by atoms with Gasteiger partial charge in [-0.25, -0.2) is 0 Å². The first-order valence-corrected chi connectivity index (χ1v) is 12.2. The number of benzene rings is 2. The van der Waals surface area contributed by atoms with Gasteiger partial charge in [-0.3, -0.25) is 9.59 Å². The van der Waals surface area contributed by atoms with Crippen molar-refractivity contribution in [3.63, 3.8) is 0 Å². The Hall–Kier alpha value is -3.58. The Kier molecular flexibility index (Phi) is 9.70. The molecule has 0 spiro atoms. The minimum Gasteiger partial charge on any atom is -0.496 e. The zero-order valence-electron chi connectivity index (χ0n) is 21.1. The van der Waals surface area contributed by atoms with Gasteiger partial charge in [0.2, 0.25) is 0 Å². The monoisotopic (exact) mass is 493 g/mol. The van der Waals surface area contributed by atoms with E-state index in [1.807, 2.05) is 41.8 Å². The smallest absolute Gasteiger partial charge is 0.303 e. The molecule has 1 unspecified atom stereocenters. The predicted molar refractivity (Wildman–Crippen MR) is 138 cm³/mol. The maximum absolute atomic E-state index is 12.4. The van der Waals surface area contributed by atoms with Crippen LogP contribution in [0.25, 0.3) is 0 Å². The summed E-state index contributed by atoms with van der Waals surface area (Å²) in [5, 5.41) is 20.3. The second kappa shape index (κ2) is 12.9. The lowest BCUT2D eigenvalue weighted by atomic mass is 9.89. The highest BCUT2D eigenvalue weighted by Gasteiger charge is 2.24. The van der Waals surface area contributed by atoms with Crippen LogP contribution in [-0.2, 0) is 17.8 Å². The second-order valence-corrected chi connectivity index (χ2v) is 9.05. The van der Waals surface area contributed by atoms with Crippen LogP contribution in [0.4, 0.5) is 0 Å². The lowest BCUT2D eigenvalue weighted by Gasteiger charge is -2.25. The van der Waals surface area contributed by atoms with Crippen molar-refractivity contribution in [1.29, 1.82) is 0 Å². The van der Waals surface area contributed by atoms with Crippen LogP contribution in [0.1, 0.15) is 58.8 Å². The molecule has 0 saturated carbocycles. The van der Waals surface area contributed by atoms with E-state index in [2.05, 4.69) is 12.1 Å². The molecule has 0 saturated heterocycles. The molecule has 2 aromatic carbocycles. The van der Waals surface area contributed by atoms with Crippen LogP contribution in [0.5, 0.6) is 11.5 Å². The van der Waals surface area contributed by atoms with E-state index in [-0.39, 0.29) is 24.5 Å². The maximum Gasteiger partial charge on any atom is 0.303 e. The molecule has 0 bridgehead atoms. The van der Waals surface area contributed by atoms with E-state index in [9.17, 15) is 14.7 Å². The molecule has 0 aliphatic heterocycles. The van der Waals surface area contributed by atoms with Gasteiger partial charge in [-0.05, 0) is 55.5 Å². The summed E-state index contributed by atoms with van der Waals surface area (Å²) in [4.78, 5) is 23.2. The summed E-state index contributed by atoms with van der Waals surface area (Å²) in [5.74, 6) is -0.0312. The SMILES string of the molecule is COc1cc(C(O)[C@H](CCCc2ccccc2)Cn2ccc(C(=O)CCC(=O)O)c2)cc(OC)c1C. The van der Waals surface area contributed by atoms with Crippen molar-refractivity contribution in [3.05, 3.63) is 83.2 Å². The Morgan fingerprint density at radius 1 is 1.00 bits per heavy atom. The number of ether oxygens (including phenoxy) is 2. The molecule has 0 radical (unpaired) electrons. The highest BCUT2D eigenvalue weighted by atomic mass is 16.5. The molecule has 0 aliphatic rings. The van der Waals surface area contributed by atoms with Crippen LogP contribution in [0.2, 0.25) is 0 Å². The Bertz CT molecular complexity index is 1130. The van der Waals surface area contributed by atoms with Crippen molar-refractivity contribution in [1.82, 2.24) is 4.57 Å². The maximum atomic E-state index is 12.4. The number of carbonyl (C=O) groups is 2. The molecule has 1 aromatic heterocycles. The van der Waals surface area contributed by atoms with Gasteiger partial charge in [0.15, 0.2) is 5.78 Å². The van der Waals surface area contributed by atoms with E-state index in [1.165, 1.54) is 5.56 Å². The third kappa shape index (κ3) is 7.21. The lowest BCUT2D eigenvalue weighted by Crippen LogP contribution is -2.19. The number of hydrogen-bond donors (Lipinski definition) is 2. The van der Waals surface area contributed by atoms with Gasteiger partial charge in [-0.1, -0.05) is 30.3 Å². The van der Waals surface area contributed by atoms with Gasteiger partial charge in [-0.15, -0.1) is 0 Å². The lowest BCUT2D eigenvalue weighted by molar-refractivity contribution is -0.136. The van der Waals surface area contributed by atoms with Gasteiger partial charge in [-0.2, -0.15) is 0 Å². The molecule has 2 atom stereocenters. The van der Waals surface area contributed by atoms with E-state index in [4.69, 9.17) is 14.6 Å². The fraction of sp³-hybridized carbons (Fsp3) is 0.379. The topological polar surface area (TPSA) is 98.0 Å². The van der Waals surface area contributed by atoms with Crippen LogP contribution in [0.3, 0.4) is 0 Å². The number of nitrogens with zero attached hydrogens (tertiary/aromatic N) is 1. The predicted octanol–water partition coefficient (Wildman–Crippen LogP) is 5.23. The number of hydrogen-bond acceptors (Lipinski definition) is 5. The van der Waals surface area contributed by atoms with Crippen LogP contribution < -0.4 is 9.47 Å². The van der Waals surface area contributed by atoms with Gasteiger partial charge in [0.05, 0.1) is 26.7 Å². The molecule has 1 heterocycles. The fourth-order valence-corrected chi connectivity index (χ4v) is 4.47. The number of carboxylic acid groups (broad SMARTS) is 1. The molecule has 0 amide bonds. The minimum atomic E-state index is -0.992. The second-order valence-electron chi connectivity index (χ2n) is 9.05. The third-order valence-corrected chi connectivity index (χ3v) is 6.53. The summed E-state index contributed by atoms with van der Waals surface area (Å²) in [7, 11) is 3.19. The molecule has 36 heavy (non-hydrogen) atoms. The molecule has 0 fully saturated rings. The number of aliphatic hydroxyl groups is 1. The van der Waals surface area contributed by atoms with E-state index >= 15 is 0 Å². The molecular weight excluding hydrogens is 458 g/mol. The number of aliphatic hydroxyl groups excluding tert-OH is 1. The van der Waals surface area contributed by atoms with Crippen LogP contribution in [0.15, 0.2) is 60.9 Å². The largest absolute Gasteiger partial charge is 0.496 e. The number of carboxylic acids is 1. The number of rotatable bonds is 14. The minimum absolute atomic E-state index is 0.0363. The first kappa shape index (κ1) is 27.0. The Morgan fingerprint density at radius 2 is 1.67 bits per heavy atom. The Balaban J connectivity index is 1.80. The number of aliphatic carboxylic acids is 1. The van der Waals surface area contributed by atoms with Crippen molar-refractivity contribution in [2.24, 2.45) is 5.92 Å². The molecule has 2 N–H and O–H groups in total. The normalized spacial score (nSPS) is 12.7. The summed E-state index contributed by atoms with van der Waals surface area (Å²) >= 11 is 0. The summed E-state index contributed by atoms with van der Waals surface area (Å²) in [6.07, 6.45) is 5.08. The van der Waals surface area contributed by atoms with Gasteiger partial charge in [0.1, 0.15) is 11.5 Å². The summed E-state index contributed by atoms with van der Waals surface area (Å²) in [6, 6.07) is 15.6. The van der Waals surface area contributed by atoms with E-state index in [0.29, 0.717) is 29.2 Å². The van der Waals surface area contributed by atoms with Crippen LogP contribution >= 0.6 is 0 Å². The molecule has 7 nitrogen and oxygen atoms in total. The Morgan fingerprint density at radius 3 is 2.28 bits per heavy atom. The van der Waals surface area contributed by atoms with Crippen molar-refractivity contribution >= 4 is 11.8 Å². The van der Waals surface area contributed by atoms with Crippen molar-refractivity contribution < 1.29 is 29.3 Å². The standard InChI is InChI=1S/C29H35NO6/c1-20-26(35-2)16-24(17-27(20)36-3)29(34)23(11-7-10-21-8-5-4-6-9-21)19-30-15-14-22(18-30)25(31)12-13-28(32)33/h4-6,8-9,14-18,23,29,34H,7,10-13,19H2,1-3H3,(H,32,33)/t23-,29?/m1/s1. The molecular formula is C29H35NO6. The van der Waals surface area contributed by atoms with Crippen molar-refractivity contribution in [2.45, 2.75) is 51.7 Å². The van der Waals surface area contributed by atoms with Gasteiger partial charge in [0, 0.05) is 42.4 Å². The van der Waals surface area contributed by atoms with Crippen molar-refractivity contribution in [2.75, 3.05) is 14.2 Å². The van der Waals surface area contributed by atoms with Gasteiger partial charge in [0.25, 0.3) is 0 Å². The van der Waals surface area contributed by atoms with E-state index in [0.717, 1.165) is 24.8 Å². The van der Waals surface area contributed by atoms with E-state index in [1.54, 1.807) is 32.7 Å². The Labute approximate surface area is 212 Å². The summed E-state index contributed by atoms with van der Waals surface area (Å²) < 4.78 is 12.9. The highest BCUT2D eigenvalue weighted by molar-refractivity contribution is 5.97. The first-order chi connectivity index (χ1) is 17.3. The zero-order chi connectivity index (χ0) is 26.1. The van der Waals surface area contributed by atoms with Gasteiger partial charge >= 0.3 is 5.97 Å². The van der Waals surface area contributed by atoms with E-state index < -0.39 is 12.1 Å². The van der Waals surface area contributed by atoms with Crippen molar-refractivity contribution in [3.8, 4) is 11.5 Å². The van der Waals surface area contributed by atoms with Gasteiger partial charge < -0.3 is 24.3 Å². The number of carbonyl (C=O) groups excluding carboxylic acids is 1. The highest BCUT2D eigenvalue weighted by Crippen LogP contribution is 2.36. The molecule has 3 rings (SSSR count). The zero-order valence-corrected chi connectivity index (χ0v) is 21.1. The first-order valence-electron chi connectivity index (χ1n) is 12.2. The molecule has 3 aromatic rings. The molecule has 192 valence electrons. The number of ketones is 1. The number of aryl methyl sites for hydroxylation is 1. The average Bonchev–Trinajstić information content (AvgIpc) is 3.35. The molecule has 7 heteroatoms. The summed E-state index contributed by atoms with van der Waals surface area (Å²) in [6.45, 7) is 2.41. The summed E-state index contributed by atoms with van der Waals surface area (Å²) in [5.41, 5.74) is 3.31. The molecule has 0 aliphatic carbocycles. The fourth-order valence-electron chi connectivity index (χ4n) is 4.47. The van der Waals surface area contributed by atoms with Crippen LogP contribution in [0, 0.1) is 12.8 Å². The number of aromatic nitrogens is 1. The number of methoxy groups -OCH3 is 2. The number of Topliss-reactive ketones (excluding diaryl/α,β-unsaturated/α-hetero) is 1. The quantitative estimate of drug-likeness (QED) is 0.298.